The molecule has 0 spiro atoms. The van der Waals surface area contributed by atoms with E-state index in [1.807, 2.05) is 150 Å². The van der Waals surface area contributed by atoms with E-state index < -0.39 is 17.9 Å². The molecule has 0 unspecified atom stereocenters. The van der Waals surface area contributed by atoms with Crippen molar-refractivity contribution in [1.29, 1.82) is 15.8 Å². The lowest BCUT2D eigenvalue weighted by atomic mass is 9.99. The second-order valence-electron chi connectivity index (χ2n) is 26.3. The van der Waals surface area contributed by atoms with E-state index in [1.165, 1.54) is 0 Å². The summed E-state index contributed by atoms with van der Waals surface area (Å²) in [6.07, 6.45) is 5.71. The van der Waals surface area contributed by atoms with Crippen LogP contribution in [0.5, 0.6) is 34.9 Å². The van der Waals surface area contributed by atoms with Crippen LogP contribution in [0.25, 0.3) is 66.5 Å². The van der Waals surface area contributed by atoms with Gasteiger partial charge in [-0.3, -0.25) is 0 Å². The zero-order chi connectivity index (χ0) is 78.3. The zero-order valence-corrected chi connectivity index (χ0v) is 61.4. The highest BCUT2D eigenvalue weighted by Gasteiger charge is 2.22. The first-order valence-electron chi connectivity index (χ1n) is 34.7. The first-order valence-corrected chi connectivity index (χ1v) is 34.7. The number of ether oxygens (including phenoxy) is 3. The Kier molecular flexibility index (Phi) is 21.1. The molecule has 24 nitrogen and oxygen atoms in total. The van der Waals surface area contributed by atoms with Gasteiger partial charge < -0.3 is 59.2 Å². The maximum absolute atomic E-state index is 11.2. The Labute approximate surface area is 636 Å². The number of hydrogen-bond acceptors (Lipinski definition) is 18. The second kappa shape index (κ2) is 31.7. The van der Waals surface area contributed by atoms with Gasteiger partial charge in [-0.1, -0.05) is 36.4 Å². The minimum atomic E-state index is -0.951. The molecular weight excluding hydrogens is 1400 g/mol. The lowest BCUT2D eigenvalue weighted by Crippen LogP contribution is -2.02. The van der Waals surface area contributed by atoms with Crippen LogP contribution in [0.3, 0.4) is 0 Å². The van der Waals surface area contributed by atoms with Crippen LogP contribution < -0.4 is 30.2 Å². The maximum Gasteiger partial charge on any atom is 0.335 e. The molecule has 9 aromatic carbocycles. The fourth-order valence-electron chi connectivity index (χ4n) is 12.7. The summed E-state index contributed by atoms with van der Waals surface area (Å²) in [6, 6.07) is 65.7. The third-order valence-electron chi connectivity index (χ3n) is 18.2. The molecule has 0 radical (unpaired) electrons. The SMILES string of the molecule is Cc1cc(-c2ccc(C(=O)O)cc2)cc(C)c1Oc1nc(Nc2ccc(C#N)cc2)nc2ccn(C)c12.Cc1cc(-c2ccc(C(=O)O)cc2)cc(C)c1Oc1nc(Nc2ccc(C#N)cc2)nc2ccn(C)c12.Cc1cc(-c2ccc(C(=O)O)cc2)cc(C)c1Oc1nc(Nc2ccc(C#N)cc2)nc2ccn(C)c12. The Bertz CT molecular complexity index is 5580. The lowest BCUT2D eigenvalue weighted by Gasteiger charge is -2.15. The number of carbonyl (C=O) groups is 3. The fourth-order valence-corrected chi connectivity index (χ4v) is 12.7. The van der Waals surface area contributed by atoms with E-state index in [1.54, 1.807) is 146 Å². The van der Waals surface area contributed by atoms with Gasteiger partial charge in [-0.2, -0.15) is 30.7 Å². The average Bonchev–Trinajstić information content (AvgIpc) is 1.68. The number of aromatic carboxylic acids is 3. The minimum Gasteiger partial charge on any atom is -0.478 e. The number of nitrogens with one attached hydrogen (secondary N) is 3. The van der Waals surface area contributed by atoms with E-state index in [-0.39, 0.29) is 16.7 Å². The molecule has 6 N–H and O–H groups in total. The smallest absolute Gasteiger partial charge is 0.335 e. The van der Waals surface area contributed by atoms with E-state index in [9.17, 15) is 14.4 Å². The normalized spacial score (nSPS) is 10.8. The number of aryl methyl sites for hydroxylation is 9. The van der Waals surface area contributed by atoms with Gasteiger partial charge in [-0.25, -0.2) is 29.3 Å². The van der Waals surface area contributed by atoms with Crippen LogP contribution in [0.1, 0.15) is 81.1 Å². The van der Waals surface area contributed by atoms with E-state index in [0.29, 0.717) is 69.4 Å². The summed E-state index contributed by atoms with van der Waals surface area (Å²) in [5.41, 5.74) is 20.4. The van der Waals surface area contributed by atoms with Gasteiger partial charge >= 0.3 is 17.9 Å². The van der Waals surface area contributed by atoms with Crippen LogP contribution in [0.15, 0.2) is 219 Å². The van der Waals surface area contributed by atoms with Crippen LogP contribution >= 0.6 is 0 Å². The van der Waals surface area contributed by atoms with E-state index in [0.717, 1.165) is 117 Å². The molecular formula is C87H69N15O9. The van der Waals surface area contributed by atoms with Crippen LogP contribution in [0.4, 0.5) is 34.9 Å². The van der Waals surface area contributed by atoms with Crippen molar-refractivity contribution >= 4 is 85.9 Å². The van der Waals surface area contributed by atoms with Crippen LogP contribution in [-0.2, 0) is 21.1 Å². The van der Waals surface area contributed by atoms with E-state index in [4.69, 9.17) is 45.3 Å². The van der Waals surface area contributed by atoms with Crippen molar-refractivity contribution in [2.45, 2.75) is 41.5 Å². The molecule has 111 heavy (non-hydrogen) atoms. The van der Waals surface area contributed by atoms with Crippen LogP contribution in [-0.4, -0.2) is 76.8 Å². The molecule has 0 atom stereocenters. The number of aromatic nitrogens is 9. The van der Waals surface area contributed by atoms with Gasteiger partial charge in [-0.05, 0) is 272 Å². The quantitative estimate of drug-likeness (QED) is 0.0465. The fraction of sp³-hybridized carbons (Fsp3) is 0.103. The molecule has 0 saturated carbocycles. The van der Waals surface area contributed by atoms with Gasteiger partial charge in [0.15, 0.2) is 0 Å². The average molecular weight is 1470 g/mol. The minimum absolute atomic E-state index is 0.248. The largest absolute Gasteiger partial charge is 0.478 e. The molecule has 0 fully saturated rings. The molecule has 546 valence electrons. The Morgan fingerprint density at radius 3 is 0.757 bits per heavy atom. The van der Waals surface area contributed by atoms with Crippen molar-refractivity contribution in [1.82, 2.24) is 43.6 Å². The highest BCUT2D eigenvalue weighted by molar-refractivity contribution is 5.91. The van der Waals surface area contributed by atoms with Crippen LogP contribution in [0, 0.1) is 75.5 Å². The highest BCUT2D eigenvalue weighted by atomic mass is 16.5. The van der Waals surface area contributed by atoms with E-state index in [2.05, 4.69) is 64.1 Å². The van der Waals surface area contributed by atoms with Gasteiger partial charge in [-0.15, -0.1) is 0 Å². The molecule has 15 rings (SSSR count). The van der Waals surface area contributed by atoms with Gasteiger partial charge in [0.1, 0.15) is 33.8 Å². The van der Waals surface area contributed by atoms with Crippen molar-refractivity contribution in [3.8, 4) is 86.5 Å². The van der Waals surface area contributed by atoms with Crippen LogP contribution in [0.2, 0.25) is 0 Å². The monoisotopic (exact) mass is 1470 g/mol. The molecule has 0 bridgehead atoms. The molecule has 0 aliphatic heterocycles. The topological polar surface area (TPSA) is 339 Å². The third-order valence-corrected chi connectivity index (χ3v) is 18.2. The number of carboxylic acids is 3. The number of nitriles is 3. The van der Waals surface area contributed by atoms with Gasteiger partial charge in [0.25, 0.3) is 0 Å². The number of hydrogen-bond donors (Lipinski definition) is 6. The number of fused-ring (bicyclic) bond motifs is 3. The van der Waals surface area contributed by atoms with Crippen molar-refractivity contribution in [2.75, 3.05) is 16.0 Å². The lowest BCUT2D eigenvalue weighted by molar-refractivity contribution is 0.0686. The first kappa shape index (κ1) is 73.8. The summed E-state index contributed by atoms with van der Waals surface area (Å²) in [7, 11) is 5.74. The second-order valence-corrected chi connectivity index (χ2v) is 26.3. The molecule has 6 aromatic heterocycles. The number of rotatable bonds is 18. The summed E-state index contributed by atoms with van der Waals surface area (Å²) >= 11 is 0. The molecule has 15 aromatic rings. The van der Waals surface area contributed by atoms with Gasteiger partial charge in [0, 0.05) is 56.8 Å². The maximum atomic E-state index is 11.2. The zero-order valence-electron chi connectivity index (χ0n) is 61.4. The molecule has 24 heteroatoms. The number of carboxylic acid groups (broad SMARTS) is 3. The van der Waals surface area contributed by atoms with Gasteiger partial charge in [0.2, 0.25) is 35.5 Å². The summed E-state index contributed by atoms with van der Waals surface area (Å²) in [6.45, 7) is 11.8. The molecule has 0 aliphatic rings. The molecule has 0 aliphatic carbocycles. The first-order chi connectivity index (χ1) is 53.5. The number of nitrogens with zero attached hydrogens (tertiary/aromatic N) is 12. The Morgan fingerprint density at radius 1 is 0.324 bits per heavy atom. The Balaban J connectivity index is 0.000000146. The summed E-state index contributed by atoms with van der Waals surface area (Å²) < 4.78 is 25.0. The molecule has 0 saturated heterocycles. The van der Waals surface area contributed by atoms with Gasteiger partial charge in [0.05, 0.1) is 68.1 Å². The predicted molar refractivity (Wildman–Crippen MR) is 424 cm³/mol. The molecule has 6 heterocycles. The van der Waals surface area contributed by atoms with Crippen molar-refractivity contribution in [2.24, 2.45) is 21.1 Å². The van der Waals surface area contributed by atoms with Crippen molar-refractivity contribution in [3.63, 3.8) is 0 Å². The van der Waals surface area contributed by atoms with Crippen molar-refractivity contribution < 1.29 is 43.9 Å². The van der Waals surface area contributed by atoms with Crippen molar-refractivity contribution in [3.05, 3.63) is 286 Å². The Morgan fingerprint density at radius 2 is 0.550 bits per heavy atom. The van der Waals surface area contributed by atoms with E-state index >= 15 is 0 Å². The summed E-state index contributed by atoms with van der Waals surface area (Å²) in [5.74, 6) is 1.60. The predicted octanol–water partition coefficient (Wildman–Crippen LogP) is 19.1. The third kappa shape index (κ3) is 16.5. The number of anilines is 6. The standard InChI is InChI=1S/3C29H23N5O3/c3*1-17-14-22(20-6-8-21(9-7-20)28(35)36)15-18(2)26(17)37-27-25-24(12-13-34(25)3)32-29(33-27)31-23-10-4-19(16-30)5-11-23/h3*4-15H,1-3H3,(H,35,36)(H,31,32,33). The number of benzene rings is 9. The molecule has 0 amide bonds. The highest BCUT2D eigenvalue weighted by Crippen LogP contribution is 2.41. The summed E-state index contributed by atoms with van der Waals surface area (Å²) in [5, 5.41) is 64.2. The summed E-state index contributed by atoms with van der Waals surface area (Å²) in [4.78, 5) is 61.4. The Hall–Kier alpha value is -15.5.